The first-order chi connectivity index (χ1) is 9.29. The third-order valence-electron chi connectivity index (χ3n) is 2.68. The summed E-state index contributed by atoms with van der Waals surface area (Å²) in [6.07, 6.45) is 0.953. The predicted molar refractivity (Wildman–Crippen MR) is 89.3 cm³/mol. The second-order valence-electron chi connectivity index (χ2n) is 4.38. The maximum absolute atomic E-state index is 12.2. The van der Waals surface area contributed by atoms with Crippen molar-refractivity contribution in [1.29, 1.82) is 0 Å². The molecule has 114 valence electrons. The van der Waals surface area contributed by atoms with Gasteiger partial charge in [0.15, 0.2) is 0 Å². The normalized spacial score (nSPS) is 13.2. The van der Waals surface area contributed by atoms with Gasteiger partial charge in [0, 0.05) is 11.0 Å². The van der Waals surface area contributed by atoms with Gasteiger partial charge < -0.3 is 5.32 Å². The summed E-state index contributed by atoms with van der Waals surface area (Å²) < 4.78 is 27.4. The Hall–Kier alpha value is -0.0100. The zero-order valence-electron chi connectivity index (χ0n) is 11.2. The minimum absolute atomic E-state index is 0.179. The minimum Gasteiger partial charge on any atom is -0.315 e. The third-order valence-corrected chi connectivity index (χ3v) is 6.18. The Labute approximate surface area is 138 Å². The summed E-state index contributed by atoms with van der Waals surface area (Å²) in [5, 5.41) is 2.96. The van der Waals surface area contributed by atoms with E-state index in [0.717, 1.165) is 13.0 Å². The molecule has 0 spiro atoms. The quantitative estimate of drug-likeness (QED) is 0.536. The maximum Gasteiger partial charge on any atom is 0.236 e. The fraction of sp³-hybridized carbons (Fsp3) is 0.500. The fourth-order valence-electron chi connectivity index (χ4n) is 1.45. The van der Waals surface area contributed by atoms with Crippen LogP contribution in [0, 0.1) is 0 Å². The number of nitrogens with one attached hydrogen (secondary N) is 2. The Kier molecular flexibility index (Phi) is 7.08. The van der Waals surface area contributed by atoms with Crippen LogP contribution in [0.1, 0.15) is 20.3 Å². The Balaban J connectivity index is 2.83. The van der Waals surface area contributed by atoms with E-state index < -0.39 is 15.3 Å². The fourth-order valence-corrected chi connectivity index (χ4v) is 3.34. The van der Waals surface area contributed by atoms with Gasteiger partial charge in [-0.25, -0.2) is 8.42 Å². The summed E-state index contributed by atoms with van der Waals surface area (Å²) in [6, 6.07) is 3.22. The molecule has 0 aliphatic rings. The van der Waals surface area contributed by atoms with Crippen LogP contribution >= 0.6 is 39.1 Å². The molecule has 0 aromatic heterocycles. The SMILES string of the molecule is CCCNCC(C)S(=O)(=O)Nc1ccc(Br)c(Cl)c1Cl. The van der Waals surface area contributed by atoms with E-state index in [1.807, 2.05) is 6.92 Å². The van der Waals surface area contributed by atoms with Crippen molar-refractivity contribution in [2.75, 3.05) is 17.8 Å². The summed E-state index contributed by atoms with van der Waals surface area (Å²) in [5.41, 5.74) is 0.280. The number of sulfonamides is 1. The standard InChI is InChI=1S/C12H17BrCl2N2O2S/c1-3-6-16-7-8(2)20(18,19)17-10-5-4-9(13)11(14)12(10)15/h4-5,8,16-17H,3,6-7H2,1-2H3. The van der Waals surface area contributed by atoms with E-state index in [4.69, 9.17) is 23.2 Å². The van der Waals surface area contributed by atoms with Crippen LogP contribution in [0.3, 0.4) is 0 Å². The Morgan fingerprint density at radius 1 is 1.30 bits per heavy atom. The van der Waals surface area contributed by atoms with Crippen LogP contribution in [0.4, 0.5) is 5.69 Å². The largest absolute Gasteiger partial charge is 0.315 e. The van der Waals surface area contributed by atoms with E-state index in [1.54, 1.807) is 19.1 Å². The molecule has 1 aromatic rings. The number of anilines is 1. The lowest BCUT2D eigenvalue weighted by atomic mass is 10.3. The Bertz CT molecular complexity index is 567. The van der Waals surface area contributed by atoms with E-state index in [-0.39, 0.29) is 15.7 Å². The molecule has 0 aliphatic carbocycles. The maximum atomic E-state index is 12.2. The summed E-state index contributed by atoms with van der Waals surface area (Å²) >= 11 is 15.2. The number of rotatable bonds is 7. The topological polar surface area (TPSA) is 58.2 Å². The lowest BCUT2D eigenvalue weighted by molar-refractivity contribution is 0.576. The summed E-state index contributed by atoms with van der Waals surface area (Å²) in [5.74, 6) is 0. The van der Waals surface area contributed by atoms with E-state index in [0.29, 0.717) is 11.0 Å². The summed E-state index contributed by atoms with van der Waals surface area (Å²) in [4.78, 5) is 0. The molecule has 0 bridgehead atoms. The van der Waals surface area contributed by atoms with E-state index in [9.17, 15) is 8.42 Å². The summed E-state index contributed by atoms with van der Waals surface area (Å²) in [7, 11) is -3.52. The monoisotopic (exact) mass is 402 g/mol. The molecule has 1 rings (SSSR count). The van der Waals surface area contributed by atoms with E-state index in [2.05, 4.69) is 26.0 Å². The molecule has 0 heterocycles. The van der Waals surface area contributed by atoms with Gasteiger partial charge in [-0.1, -0.05) is 30.1 Å². The van der Waals surface area contributed by atoms with Crippen LogP contribution in [0.25, 0.3) is 0 Å². The second kappa shape index (κ2) is 7.84. The van der Waals surface area contributed by atoms with Crippen molar-refractivity contribution in [3.05, 3.63) is 26.7 Å². The van der Waals surface area contributed by atoms with Crippen LogP contribution < -0.4 is 10.0 Å². The molecule has 1 atom stereocenters. The molecule has 0 amide bonds. The molecule has 20 heavy (non-hydrogen) atoms. The van der Waals surface area contributed by atoms with Crippen molar-refractivity contribution in [1.82, 2.24) is 5.32 Å². The zero-order valence-corrected chi connectivity index (χ0v) is 15.1. The first-order valence-corrected chi connectivity index (χ1v) is 9.25. The van der Waals surface area contributed by atoms with E-state index in [1.165, 1.54) is 0 Å². The van der Waals surface area contributed by atoms with E-state index >= 15 is 0 Å². The molecule has 0 fully saturated rings. The van der Waals surface area contributed by atoms with Crippen molar-refractivity contribution in [2.24, 2.45) is 0 Å². The highest BCUT2D eigenvalue weighted by Crippen LogP contribution is 2.36. The number of hydrogen-bond acceptors (Lipinski definition) is 3. The van der Waals surface area contributed by atoms with Gasteiger partial charge >= 0.3 is 0 Å². The molecule has 0 saturated carbocycles. The summed E-state index contributed by atoms with van der Waals surface area (Å²) in [6.45, 7) is 4.82. The van der Waals surface area contributed by atoms with Crippen LogP contribution in [0.5, 0.6) is 0 Å². The van der Waals surface area contributed by atoms with Crippen LogP contribution in [0.15, 0.2) is 16.6 Å². The molecule has 2 N–H and O–H groups in total. The highest BCUT2D eigenvalue weighted by molar-refractivity contribution is 9.10. The van der Waals surface area contributed by atoms with Crippen molar-refractivity contribution < 1.29 is 8.42 Å². The van der Waals surface area contributed by atoms with Gasteiger partial charge in [0.1, 0.15) is 0 Å². The van der Waals surface area contributed by atoms with Gasteiger partial charge in [-0.3, -0.25) is 4.72 Å². The highest BCUT2D eigenvalue weighted by atomic mass is 79.9. The zero-order chi connectivity index (χ0) is 15.3. The lowest BCUT2D eigenvalue weighted by Crippen LogP contribution is -2.35. The van der Waals surface area contributed by atoms with Gasteiger partial charge in [-0.2, -0.15) is 0 Å². The molecular weight excluding hydrogens is 387 g/mol. The first-order valence-electron chi connectivity index (χ1n) is 6.15. The van der Waals surface area contributed by atoms with Crippen LogP contribution in [-0.2, 0) is 10.0 Å². The van der Waals surface area contributed by atoms with Gasteiger partial charge in [0.25, 0.3) is 0 Å². The average Bonchev–Trinajstić information content (AvgIpc) is 2.39. The highest BCUT2D eigenvalue weighted by Gasteiger charge is 2.22. The average molecular weight is 404 g/mol. The molecule has 1 aromatic carbocycles. The molecule has 0 saturated heterocycles. The van der Waals surface area contributed by atoms with Crippen molar-refractivity contribution >= 4 is 54.8 Å². The Morgan fingerprint density at radius 3 is 2.55 bits per heavy atom. The first kappa shape index (κ1) is 18.0. The van der Waals surface area contributed by atoms with Crippen LogP contribution in [0.2, 0.25) is 10.0 Å². The van der Waals surface area contributed by atoms with Crippen molar-refractivity contribution in [3.63, 3.8) is 0 Å². The van der Waals surface area contributed by atoms with Gasteiger partial charge in [0.05, 0.1) is 21.0 Å². The molecule has 0 aliphatic heterocycles. The molecular formula is C12H17BrCl2N2O2S. The van der Waals surface area contributed by atoms with Gasteiger partial charge in [-0.15, -0.1) is 0 Å². The number of halogens is 3. The molecule has 0 radical (unpaired) electrons. The van der Waals surface area contributed by atoms with Crippen molar-refractivity contribution in [3.8, 4) is 0 Å². The van der Waals surface area contributed by atoms with Gasteiger partial charge in [-0.05, 0) is 48.0 Å². The third kappa shape index (κ3) is 4.77. The number of benzene rings is 1. The Morgan fingerprint density at radius 2 is 1.95 bits per heavy atom. The second-order valence-corrected chi connectivity index (χ2v) is 8.09. The molecule has 1 unspecified atom stereocenters. The minimum atomic E-state index is -3.52. The molecule has 4 nitrogen and oxygen atoms in total. The molecule has 8 heteroatoms. The number of hydrogen-bond donors (Lipinski definition) is 2. The lowest BCUT2D eigenvalue weighted by Gasteiger charge is -2.16. The smallest absolute Gasteiger partial charge is 0.236 e. The van der Waals surface area contributed by atoms with Crippen molar-refractivity contribution in [2.45, 2.75) is 25.5 Å². The van der Waals surface area contributed by atoms with Gasteiger partial charge in [0.2, 0.25) is 10.0 Å². The van der Waals surface area contributed by atoms with Crippen LogP contribution in [-0.4, -0.2) is 26.8 Å². The predicted octanol–water partition coefficient (Wildman–Crippen LogP) is 3.89.